The molecule has 3 heterocycles. The van der Waals surface area contributed by atoms with Crippen molar-refractivity contribution in [3.05, 3.63) is 30.3 Å². The van der Waals surface area contributed by atoms with Gasteiger partial charge in [0.2, 0.25) is 21.7 Å². The molecule has 3 N–H and O–H groups in total. The van der Waals surface area contributed by atoms with Crippen molar-refractivity contribution in [2.75, 3.05) is 18.8 Å². The van der Waals surface area contributed by atoms with Gasteiger partial charge in [0.15, 0.2) is 0 Å². The molecule has 25 heavy (non-hydrogen) atoms. The van der Waals surface area contributed by atoms with Gasteiger partial charge in [-0.25, -0.2) is 18.4 Å². The van der Waals surface area contributed by atoms with Crippen LogP contribution in [0.4, 0.5) is 4.79 Å². The summed E-state index contributed by atoms with van der Waals surface area (Å²) in [6.45, 7) is 0.912. The maximum atomic E-state index is 12.1. The minimum absolute atomic E-state index is 0.0784. The minimum atomic E-state index is -3.53. The van der Waals surface area contributed by atoms with E-state index < -0.39 is 10.0 Å². The van der Waals surface area contributed by atoms with Crippen LogP contribution >= 0.6 is 0 Å². The molecule has 2 aromatic rings. The molecule has 3 rings (SSSR count). The first-order valence-corrected chi connectivity index (χ1v) is 9.39. The fourth-order valence-corrected chi connectivity index (χ4v) is 3.60. The molecule has 10 nitrogen and oxygen atoms in total. The number of amides is 2. The topological polar surface area (TPSA) is 144 Å². The molecule has 0 saturated carbocycles. The van der Waals surface area contributed by atoms with E-state index in [9.17, 15) is 13.2 Å². The van der Waals surface area contributed by atoms with Crippen molar-refractivity contribution >= 4 is 16.1 Å². The molecule has 1 atom stereocenters. The fourth-order valence-electron chi connectivity index (χ4n) is 2.67. The van der Waals surface area contributed by atoms with Gasteiger partial charge in [-0.1, -0.05) is 11.2 Å². The molecule has 1 aliphatic heterocycles. The summed E-state index contributed by atoms with van der Waals surface area (Å²) in [5.74, 6) is 0.349. The lowest BCUT2D eigenvalue weighted by molar-refractivity contribution is 0.205. The van der Waals surface area contributed by atoms with Gasteiger partial charge >= 0.3 is 6.03 Å². The summed E-state index contributed by atoms with van der Waals surface area (Å²) >= 11 is 0. The zero-order valence-corrected chi connectivity index (χ0v) is 14.1. The van der Waals surface area contributed by atoms with E-state index in [0.29, 0.717) is 31.0 Å². The molecule has 11 heteroatoms. The molecule has 0 aromatic carbocycles. The van der Waals surface area contributed by atoms with E-state index >= 15 is 0 Å². The van der Waals surface area contributed by atoms with Crippen molar-refractivity contribution in [3.63, 3.8) is 0 Å². The largest absolute Gasteiger partial charge is 0.337 e. The summed E-state index contributed by atoms with van der Waals surface area (Å²) in [4.78, 5) is 22.0. The first-order chi connectivity index (χ1) is 11.9. The van der Waals surface area contributed by atoms with Crippen LogP contribution in [0.15, 0.2) is 28.9 Å². The summed E-state index contributed by atoms with van der Waals surface area (Å²) in [6, 6.07) is 5.04. The lowest BCUT2D eigenvalue weighted by Gasteiger charge is -2.16. The molecule has 0 spiro atoms. The molecule has 134 valence electrons. The summed E-state index contributed by atoms with van der Waals surface area (Å²) in [5.41, 5.74) is 0.578. The van der Waals surface area contributed by atoms with Crippen LogP contribution in [0.3, 0.4) is 0 Å². The minimum Gasteiger partial charge on any atom is -0.337 e. The van der Waals surface area contributed by atoms with E-state index in [1.165, 1.54) is 0 Å². The Morgan fingerprint density at radius 1 is 1.44 bits per heavy atom. The van der Waals surface area contributed by atoms with Crippen LogP contribution < -0.4 is 10.5 Å². The number of carbonyl (C=O) groups is 1. The van der Waals surface area contributed by atoms with Crippen LogP contribution in [-0.4, -0.2) is 53.3 Å². The Bertz CT molecular complexity index is 838. The molecule has 1 aliphatic rings. The Labute approximate surface area is 144 Å². The summed E-state index contributed by atoms with van der Waals surface area (Å²) < 4.78 is 27.3. The van der Waals surface area contributed by atoms with Crippen molar-refractivity contribution in [2.45, 2.75) is 13.0 Å². The van der Waals surface area contributed by atoms with Crippen molar-refractivity contribution in [3.8, 4) is 11.5 Å². The van der Waals surface area contributed by atoms with Crippen LogP contribution in [0.25, 0.3) is 11.5 Å². The average molecular weight is 366 g/mol. The first kappa shape index (κ1) is 17.3. The highest BCUT2D eigenvalue weighted by Crippen LogP contribution is 2.17. The number of rotatable bonds is 5. The van der Waals surface area contributed by atoms with Gasteiger partial charge < -0.3 is 14.7 Å². The Morgan fingerprint density at radius 3 is 3.00 bits per heavy atom. The van der Waals surface area contributed by atoms with E-state index in [1.807, 2.05) is 6.07 Å². The molecule has 2 amide bonds. The lowest BCUT2D eigenvalue weighted by Crippen LogP contribution is -2.38. The lowest BCUT2D eigenvalue weighted by atomic mass is 10.2. The predicted molar refractivity (Wildman–Crippen MR) is 87.4 cm³/mol. The molecule has 1 fully saturated rings. The molecule has 0 radical (unpaired) electrons. The standard InChI is InChI=1S/C14H18N6O4S/c15-25(22,23)9-10-4-6-20(8-10)14(21)17-7-12-18-13(19-24-12)11-3-1-2-5-16-11/h1-3,5,10H,4,6-9H2,(H,17,21)(H2,15,22,23). The van der Waals surface area contributed by atoms with Gasteiger partial charge in [-0.05, 0) is 24.5 Å². The number of carbonyl (C=O) groups excluding carboxylic acids is 1. The Kier molecular flexibility index (Phi) is 4.95. The average Bonchev–Trinajstić information content (AvgIpc) is 3.21. The van der Waals surface area contributed by atoms with Crippen LogP contribution in [0.5, 0.6) is 0 Å². The number of sulfonamides is 1. The van der Waals surface area contributed by atoms with E-state index in [2.05, 4.69) is 20.4 Å². The summed E-state index contributed by atoms with van der Waals surface area (Å²) in [5, 5.41) is 11.5. The maximum Gasteiger partial charge on any atom is 0.317 e. The molecule has 1 unspecified atom stereocenters. The number of urea groups is 1. The third-order valence-corrected chi connectivity index (χ3v) is 4.73. The zero-order chi connectivity index (χ0) is 17.9. The highest BCUT2D eigenvalue weighted by Gasteiger charge is 2.28. The molecule has 0 bridgehead atoms. The van der Waals surface area contributed by atoms with Gasteiger partial charge in [-0.2, -0.15) is 4.98 Å². The fraction of sp³-hybridized carbons (Fsp3) is 0.429. The molecule has 0 aliphatic carbocycles. The third kappa shape index (κ3) is 4.73. The van der Waals surface area contributed by atoms with Crippen LogP contribution in [0, 0.1) is 5.92 Å². The number of hydrogen-bond donors (Lipinski definition) is 2. The number of nitrogens with two attached hydrogens (primary N) is 1. The third-order valence-electron chi connectivity index (χ3n) is 3.79. The Hall–Kier alpha value is -2.53. The number of likely N-dealkylation sites (tertiary alicyclic amines) is 1. The monoisotopic (exact) mass is 366 g/mol. The number of primary sulfonamides is 1. The summed E-state index contributed by atoms with van der Waals surface area (Å²) in [7, 11) is -3.53. The molecule has 1 saturated heterocycles. The number of nitrogens with one attached hydrogen (secondary N) is 1. The van der Waals surface area contributed by atoms with Crippen molar-refractivity contribution in [2.24, 2.45) is 11.1 Å². The van der Waals surface area contributed by atoms with Gasteiger partial charge in [-0.15, -0.1) is 0 Å². The number of pyridine rings is 1. The quantitative estimate of drug-likeness (QED) is 0.755. The SMILES string of the molecule is NS(=O)(=O)CC1CCN(C(=O)NCc2nc(-c3ccccn3)no2)C1. The predicted octanol–water partition coefficient (Wildman–Crippen LogP) is -0.0484. The number of hydrogen-bond acceptors (Lipinski definition) is 7. The van der Waals surface area contributed by atoms with E-state index in [0.717, 1.165) is 0 Å². The van der Waals surface area contributed by atoms with Gasteiger partial charge in [0, 0.05) is 19.3 Å². The normalized spacial score (nSPS) is 17.6. The molecular weight excluding hydrogens is 348 g/mol. The Balaban J connectivity index is 1.51. The highest BCUT2D eigenvalue weighted by molar-refractivity contribution is 7.89. The smallest absolute Gasteiger partial charge is 0.317 e. The first-order valence-electron chi connectivity index (χ1n) is 7.68. The van der Waals surface area contributed by atoms with E-state index in [-0.39, 0.29) is 30.1 Å². The summed E-state index contributed by atoms with van der Waals surface area (Å²) in [6.07, 6.45) is 2.23. The second-order valence-electron chi connectivity index (χ2n) is 5.82. The van der Waals surface area contributed by atoms with Gasteiger partial charge in [0.05, 0.1) is 12.3 Å². The van der Waals surface area contributed by atoms with E-state index in [4.69, 9.17) is 9.66 Å². The van der Waals surface area contributed by atoms with E-state index in [1.54, 1.807) is 23.2 Å². The number of aromatic nitrogens is 3. The highest BCUT2D eigenvalue weighted by atomic mass is 32.2. The second-order valence-corrected chi connectivity index (χ2v) is 7.47. The van der Waals surface area contributed by atoms with Crippen molar-refractivity contribution in [1.82, 2.24) is 25.3 Å². The zero-order valence-electron chi connectivity index (χ0n) is 13.3. The maximum absolute atomic E-state index is 12.1. The van der Waals surface area contributed by atoms with Crippen LogP contribution in [-0.2, 0) is 16.6 Å². The van der Waals surface area contributed by atoms with Gasteiger partial charge in [0.25, 0.3) is 0 Å². The van der Waals surface area contributed by atoms with Crippen molar-refractivity contribution in [1.29, 1.82) is 0 Å². The van der Waals surface area contributed by atoms with Gasteiger partial charge in [0.1, 0.15) is 5.69 Å². The molecule has 2 aromatic heterocycles. The van der Waals surface area contributed by atoms with Crippen molar-refractivity contribution < 1.29 is 17.7 Å². The van der Waals surface area contributed by atoms with Crippen LogP contribution in [0.1, 0.15) is 12.3 Å². The van der Waals surface area contributed by atoms with Gasteiger partial charge in [-0.3, -0.25) is 4.98 Å². The second kappa shape index (κ2) is 7.15. The Morgan fingerprint density at radius 2 is 2.28 bits per heavy atom. The number of nitrogens with zero attached hydrogens (tertiary/aromatic N) is 4. The molecular formula is C14H18N6O4S. The van der Waals surface area contributed by atoms with Crippen LogP contribution in [0.2, 0.25) is 0 Å².